The van der Waals surface area contributed by atoms with Gasteiger partial charge < -0.3 is 19.9 Å². The van der Waals surface area contributed by atoms with Crippen molar-refractivity contribution in [3.05, 3.63) is 51.7 Å². The number of carbonyl (C=O) groups is 2. The number of ether oxygens (including phenoxy) is 1. The molecule has 3 rings (SSSR count). The zero-order chi connectivity index (χ0) is 24.0. The van der Waals surface area contributed by atoms with Gasteiger partial charge in [-0.25, -0.2) is 4.79 Å². The molecule has 1 aromatic heterocycles. The van der Waals surface area contributed by atoms with Crippen LogP contribution in [0.1, 0.15) is 69.0 Å². The van der Waals surface area contributed by atoms with Crippen molar-refractivity contribution in [2.45, 2.75) is 65.5 Å². The summed E-state index contributed by atoms with van der Waals surface area (Å²) in [6.07, 6.45) is 1.64. The van der Waals surface area contributed by atoms with E-state index in [9.17, 15) is 9.59 Å². The first-order valence-corrected chi connectivity index (χ1v) is 12.8. The number of rotatable bonds is 9. The van der Waals surface area contributed by atoms with Crippen molar-refractivity contribution < 1.29 is 14.3 Å². The zero-order valence-electron chi connectivity index (χ0n) is 20.5. The van der Waals surface area contributed by atoms with E-state index in [-0.39, 0.29) is 30.6 Å². The molecule has 0 saturated carbocycles. The fourth-order valence-electron chi connectivity index (χ4n) is 4.11. The molecular weight excluding hydrogens is 434 g/mol. The third-order valence-electron chi connectivity index (χ3n) is 5.89. The molecule has 33 heavy (non-hydrogen) atoms. The second-order valence-electron chi connectivity index (χ2n) is 9.21. The smallest absolute Gasteiger partial charge is 0.318 e. The van der Waals surface area contributed by atoms with Crippen LogP contribution >= 0.6 is 11.3 Å². The molecule has 0 radical (unpaired) electrons. The van der Waals surface area contributed by atoms with Crippen molar-refractivity contribution in [2.75, 3.05) is 26.2 Å². The Kier molecular flexibility index (Phi) is 8.78. The number of benzene rings is 1. The van der Waals surface area contributed by atoms with Crippen LogP contribution in [0.15, 0.2) is 35.7 Å². The number of hydrogen-bond donors (Lipinski definition) is 1. The van der Waals surface area contributed by atoms with Gasteiger partial charge in [0.25, 0.3) is 0 Å². The van der Waals surface area contributed by atoms with Crippen molar-refractivity contribution in [3.63, 3.8) is 0 Å². The molecular formula is C26H37N3O3S. The van der Waals surface area contributed by atoms with Crippen LogP contribution in [0.4, 0.5) is 4.79 Å². The summed E-state index contributed by atoms with van der Waals surface area (Å²) in [5.74, 6) is 1.24. The summed E-state index contributed by atoms with van der Waals surface area (Å²) in [4.78, 5) is 30.8. The lowest BCUT2D eigenvalue weighted by molar-refractivity contribution is -0.135. The fraction of sp³-hybridized carbons (Fsp3) is 0.538. The molecule has 1 aliphatic rings. The molecule has 1 N–H and O–H groups in total. The molecule has 1 atom stereocenters. The Labute approximate surface area is 201 Å². The van der Waals surface area contributed by atoms with Crippen LogP contribution in [-0.4, -0.2) is 54.0 Å². The summed E-state index contributed by atoms with van der Waals surface area (Å²) in [6, 6.07) is 9.96. The van der Waals surface area contributed by atoms with Crippen molar-refractivity contribution >= 4 is 23.3 Å². The Bertz CT molecular complexity index is 923. The Balaban J connectivity index is 1.73. The van der Waals surface area contributed by atoms with Crippen molar-refractivity contribution in [1.82, 2.24) is 15.1 Å². The lowest BCUT2D eigenvalue weighted by Crippen LogP contribution is -2.50. The highest BCUT2D eigenvalue weighted by molar-refractivity contribution is 7.10. The first-order chi connectivity index (χ1) is 15.8. The molecule has 0 bridgehead atoms. The first kappa shape index (κ1) is 25.1. The molecule has 7 heteroatoms. The molecule has 1 aliphatic heterocycles. The SMILES string of the molecule is CCCN(CC(=O)N1CCc2sccc2[C@@H]1COc1ccc(C(C)C)cc1)C(=O)NC(C)C. The lowest BCUT2D eigenvalue weighted by Gasteiger charge is -2.37. The standard InChI is InChI=1S/C26H37N3O3S/c1-6-13-28(26(31)27-19(4)5)16-25(30)29-14-11-24-22(12-15-33-24)23(29)17-32-21-9-7-20(8-10-21)18(2)3/h7-10,12,15,18-19,23H,6,11,13-14,16-17H2,1-5H3,(H,27,31)/t23-/m0/s1. The van der Waals surface area contributed by atoms with E-state index in [4.69, 9.17) is 4.74 Å². The predicted molar refractivity (Wildman–Crippen MR) is 134 cm³/mol. The zero-order valence-corrected chi connectivity index (χ0v) is 21.3. The molecule has 0 unspecified atom stereocenters. The Morgan fingerprint density at radius 3 is 2.55 bits per heavy atom. The number of nitrogens with one attached hydrogen (secondary N) is 1. The Hall–Kier alpha value is -2.54. The third kappa shape index (κ3) is 6.50. The van der Waals surface area contributed by atoms with Crippen LogP contribution in [0.5, 0.6) is 5.75 Å². The van der Waals surface area contributed by atoms with E-state index in [1.807, 2.05) is 37.8 Å². The molecule has 180 valence electrons. The third-order valence-corrected chi connectivity index (χ3v) is 6.89. The lowest BCUT2D eigenvalue weighted by atomic mass is 10.00. The number of urea groups is 1. The van der Waals surface area contributed by atoms with Crippen LogP contribution in [0, 0.1) is 0 Å². The molecule has 3 amide bonds. The average Bonchev–Trinajstić information content (AvgIpc) is 3.26. The van der Waals surface area contributed by atoms with Gasteiger partial charge in [0.15, 0.2) is 0 Å². The maximum atomic E-state index is 13.4. The van der Waals surface area contributed by atoms with E-state index in [2.05, 4.69) is 42.7 Å². The maximum Gasteiger partial charge on any atom is 0.318 e. The summed E-state index contributed by atoms with van der Waals surface area (Å²) in [7, 11) is 0. The Morgan fingerprint density at radius 1 is 1.18 bits per heavy atom. The minimum atomic E-state index is -0.188. The van der Waals surface area contributed by atoms with Crippen molar-refractivity contribution in [1.29, 1.82) is 0 Å². The molecule has 0 fully saturated rings. The van der Waals surface area contributed by atoms with Gasteiger partial charge in [0.05, 0.1) is 6.04 Å². The summed E-state index contributed by atoms with van der Waals surface area (Å²) >= 11 is 1.74. The van der Waals surface area contributed by atoms with Crippen LogP contribution < -0.4 is 10.1 Å². The van der Waals surface area contributed by atoms with Crippen molar-refractivity contribution in [2.24, 2.45) is 0 Å². The monoisotopic (exact) mass is 471 g/mol. The van der Waals surface area contributed by atoms with Gasteiger partial charge in [-0.05, 0) is 67.3 Å². The number of hydrogen-bond acceptors (Lipinski definition) is 4. The summed E-state index contributed by atoms with van der Waals surface area (Å²) in [5.41, 5.74) is 2.43. The number of amides is 3. The Morgan fingerprint density at radius 2 is 1.91 bits per heavy atom. The first-order valence-electron chi connectivity index (χ1n) is 11.9. The quantitative estimate of drug-likeness (QED) is 0.546. The number of nitrogens with zero attached hydrogens (tertiary/aromatic N) is 2. The van der Waals surface area contributed by atoms with Gasteiger partial charge in [0.1, 0.15) is 18.9 Å². The van der Waals surface area contributed by atoms with E-state index < -0.39 is 0 Å². The summed E-state index contributed by atoms with van der Waals surface area (Å²) < 4.78 is 6.16. The normalized spacial score (nSPS) is 15.5. The number of fused-ring (bicyclic) bond motifs is 1. The van der Waals surface area contributed by atoms with Crippen molar-refractivity contribution in [3.8, 4) is 5.75 Å². The molecule has 2 aromatic rings. The summed E-state index contributed by atoms with van der Waals surface area (Å²) in [6.45, 7) is 11.9. The van der Waals surface area contributed by atoms with E-state index >= 15 is 0 Å². The largest absolute Gasteiger partial charge is 0.491 e. The van der Waals surface area contributed by atoms with Crippen LogP contribution in [0.25, 0.3) is 0 Å². The highest BCUT2D eigenvalue weighted by atomic mass is 32.1. The van der Waals surface area contributed by atoms with Gasteiger partial charge in [-0.15, -0.1) is 11.3 Å². The van der Waals surface area contributed by atoms with E-state index in [1.165, 1.54) is 10.4 Å². The van der Waals surface area contributed by atoms with Gasteiger partial charge in [-0.3, -0.25) is 4.79 Å². The van der Waals surface area contributed by atoms with Gasteiger partial charge in [0, 0.05) is 24.0 Å². The predicted octanol–water partition coefficient (Wildman–Crippen LogP) is 5.21. The van der Waals surface area contributed by atoms with Crippen LogP contribution in [0.2, 0.25) is 0 Å². The van der Waals surface area contributed by atoms with Gasteiger partial charge in [0.2, 0.25) is 5.91 Å². The number of thiophene rings is 1. The minimum Gasteiger partial charge on any atom is -0.491 e. The number of carbonyl (C=O) groups excluding carboxylic acids is 2. The van der Waals surface area contributed by atoms with E-state index in [1.54, 1.807) is 16.2 Å². The highest BCUT2D eigenvalue weighted by Gasteiger charge is 2.33. The molecule has 1 aromatic carbocycles. The molecule has 0 spiro atoms. The van der Waals surface area contributed by atoms with Gasteiger partial charge in [-0.2, -0.15) is 0 Å². The van der Waals surface area contributed by atoms with Gasteiger partial charge >= 0.3 is 6.03 Å². The molecule has 2 heterocycles. The van der Waals surface area contributed by atoms with E-state index in [0.29, 0.717) is 25.6 Å². The maximum absolute atomic E-state index is 13.4. The molecule has 0 saturated heterocycles. The van der Waals surface area contributed by atoms with Gasteiger partial charge in [-0.1, -0.05) is 32.9 Å². The fourth-order valence-corrected chi connectivity index (χ4v) is 5.04. The van der Waals surface area contributed by atoms with Crippen LogP contribution in [0.3, 0.4) is 0 Å². The summed E-state index contributed by atoms with van der Waals surface area (Å²) in [5, 5.41) is 5.00. The molecule has 0 aliphatic carbocycles. The average molecular weight is 472 g/mol. The minimum absolute atomic E-state index is 0.0264. The topological polar surface area (TPSA) is 61.9 Å². The molecule has 6 nitrogen and oxygen atoms in total. The van der Waals surface area contributed by atoms with E-state index in [0.717, 1.165) is 24.2 Å². The second-order valence-corrected chi connectivity index (χ2v) is 10.2. The highest BCUT2D eigenvalue weighted by Crippen LogP contribution is 2.34. The second kappa shape index (κ2) is 11.5. The van der Waals surface area contributed by atoms with Crippen LogP contribution in [-0.2, 0) is 11.2 Å².